The predicted octanol–water partition coefficient (Wildman–Crippen LogP) is 5.54. The van der Waals surface area contributed by atoms with Crippen LogP contribution in [0.25, 0.3) is 0 Å². The fraction of sp³-hybridized carbons (Fsp3) is 0.682. The number of carbonyl (C=O) groups excluding carboxylic acids is 1. The number of urea groups is 1. The van der Waals surface area contributed by atoms with Crippen molar-refractivity contribution in [1.29, 1.82) is 0 Å². The summed E-state index contributed by atoms with van der Waals surface area (Å²) in [5, 5.41) is 6.06. The summed E-state index contributed by atoms with van der Waals surface area (Å²) in [5.41, 5.74) is 2.71. The van der Waals surface area contributed by atoms with Crippen LogP contribution in [0.2, 0.25) is 0 Å². The van der Waals surface area contributed by atoms with Crippen LogP contribution < -0.4 is 10.6 Å². The first kappa shape index (κ1) is 16.9. The first-order valence-corrected chi connectivity index (χ1v) is 10.2. The minimum absolute atomic E-state index is 0.0676. The lowest BCUT2D eigenvalue weighted by Gasteiger charge is -2.57. The summed E-state index contributed by atoms with van der Waals surface area (Å²) < 4.78 is 0. The lowest BCUT2D eigenvalue weighted by molar-refractivity contribution is -0.0563. The van der Waals surface area contributed by atoms with Crippen molar-refractivity contribution in [3.63, 3.8) is 0 Å². The van der Waals surface area contributed by atoms with E-state index in [2.05, 4.69) is 36.6 Å². The van der Waals surface area contributed by atoms with Crippen LogP contribution in [0.4, 0.5) is 10.5 Å². The van der Waals surface area contributed by atoms with Gasteiger partial charge in [0.05, 0.1) is 0 Å². The molecule has 25 heavy (non-hydrogen) atoms. The van der Waals surface area contributed by atoms with E-state index in [1.165, 1.54) is 44.1 Å². The van der Waals surface area contributed by atoms with Crippen molar-refractivity contribution < 1.29 is 4.79 Å². The van der Waals surface area contributed by atoms with Gasteiger partial charge in [-0.1, -0.05) is 26.0 Å². The summed E-state index contributed by atoms with van der Waals surface area (Å²) in [6, 6.07) is 8.11. The Kier molecular flexibility index (Phi) is 4.51. The predicted molar refractivity (Wildman–Crippen MR) is 103 cm³/mol. The van der Waals surface area contributed by atoms with E-state index in [4.69, 9.17) is 0 Å². The van der Waals surface area contributed by atoms with Crippen molar-refractivity contribution in [3.05, 3.63) is 29.8 Å². The third-order valence-corrected chi connectivity index (χ3v) is 6.94. The SMILES string of the molecule is CC(C)c1ccc(NC(=O)NCCC23CC4CC(CC(C4)C2)C3)cc1. The molecular formula is C22H32N2O. The smallest absolute Gasteiger partial charge is 0.319 e. The van der Waals surface area contributed by atoms with Gasteiger partial charge in [-0.2, -0.15) is 0 Å². The summed E-state index contributed by atoms with van der Waals surface area (Å²) in [7, 11) is 0. The average Bonchev–Trinajstić information content (AvgIpc) is 2.53. The second-order valence-corrected chi connectivity index (χ2v) is 9.33. The molecule has 0 unspecified atom stereocenters. The zero-order chi connectivity index (χ0) is 17.4. The fourth-order valence-electron chi connectivity index (χ4n) is 6.16. The van der Waals surface area contributed by atoms with E-state index in [-0.39, 0.29) is 6.03 Å². The Morgan fingerprint density at radius 2 is 1.60 bits per heavy atom. The first-order valence-electron chi connectivity index (χ1n) is 10.2. The maximum atomic E-state index is 12.2. The number of hydrogen-bond acceptors (Lipinski definition) is 1. The van der Waals surface area contributed by atoms with E-state index in [0.717, 1.165) is 36.4 Å². The number of nitrogens with one attached hydrogen (secondary N) is 2. The summed E-state index contributed by atoms with van der Waals surface area (Å²) in [5.74, 6) is 3.47. The highest BCUT2D eigenvalue weighted by Crippen LogP contribution is 2.61. The minimum atomic E-state index is -0.0676. The Bertz CT molecular complexity index is 584. The topological polar surface area (TPSA) is 41.1 Å². The van der Waals surface area contributed by atoms with Gasteiger partial charge in [0.2, 0.25) is 0 Å². The molecule has 4 saturated carbocycles. The third kappa shape index (κ3) is 3.70. The molecule has 4 bridgehead atoms. The second kappa shape index (κ2) is 6.66. The number of amides is 2. The molecule has 5 rings (SSSR count). The van der Waals surface area contributed by atoms with E-state index >= 15 is 0 Å². The second-order valence-electron chi connectivity index (χ2n) is 9.33. The molecule has 3 nitrogen and oxygen atoms in total. The van der Waals surface area contributed by atoms with Crippen molar-refractivity contribution in [2.75, 3.05) is 11.9 Å². The van der Waals surface area contributed by atoms with Gasteiger partial charge in [-0.15, -0.1) is 0 Å². The monoisotopic (exact) mass is 340 g/mol. The largest absolute Gasteiger partial charge is 0.338 e. The molecule has 4 aliphatic rings. The number of rotatable bonds is 5. The Morgan fingerprint density at radius 3 is 2.12 bits per heavy atom. The van der Waals surface area contributed by atoms with Gasteiger partial charge in [-0.05, 0) is 91.7 Å². The molecule has 4 aliphatic carbocycles. The molecule has 4 fully saturated rings. The van der Waals surface area contributed by atoms with Crippen LogP contribution in [0.1, 0.15) is 70.3 Å². The van der Waals surface area contributed by atoms with E-state index in [1.54, 1.807) is 0 Å². The highest BCUT2D eigenvalue weighted by molar-refractivity contribution is 5.89. The molecule has 1 aromatic carbocycles. The third-order valence-electron chi connectivity index (χ3n) is 6.94. The molecule has 2 amide bonds. The Labute approximate surface area is 152 Å². The van der Waals surface area contributed by atoms with Gasteiger partial charge in [0.25, 0.3) is 0 Å². The lowest BCUT2D eigenvalue weighted by atomic mass is 9.49. The van der Waals surface area contributed by atoms with Gasteiger partial charge in [0.1, 0.15) is 0 Å². The molecule has 2 N–H and O–H groups in total. The van der Waals surface area contributed by atoms with Crippen molar-refractivity contribution in [2.45, 2.75) is 64.7 Å². The Morgan fingerprint density at radius 1 is 1.04 bits per heavy atom. The number of carbonyl (C=O) groups is 1. The van der Waals surface area contributed by atoms with E-state index in [9.17, 15) is 4.79 Å². The molecule has 0 saturated heterocycles. The highest BCUT2D eigenvalue weighted by atomic mass is 16.2. The molecule has 0 atom stereocenters. The normalized spacial score (nSPS) is 32.8. The first-order chi connectivity index (χ1) is 12.0. The Hall–Kier alpha value is -1.51. The molecule has 0 aliphatic heterocycles. The molecule has 0 heterocycles. The van der Waals surface area contributed by atoms with Crippen LogP contribution in [0, 0.1) is 23.2 Å². The van der Waals surface area contributed by atoms with E-state index in [1.807, 2.05) is 12.1 Å². The Balaban J connectivity index is 1.25. The molecule has 136 valence electrons. The summed E-state index contributed by atoms with van der Waals surface area (Å²) in [6.45, 7) is 5.17. The average molecular weight is 341 g/mol. The molecule has 3 heteroatoms. The van der Waals surface area contributed by atoms with Gasteiger partial charge in [0.15, 0.2) is 0 Å². The molecule has 1 aromatic rings. The van der Waals surface area contributed by atoms with Crippen LogP contribution >= 0.6 is 0 Å². The van der Waals surface area contributed by atoms with E-state index < -0.39 is 0 Å². The fourth-order valence-corrected chi connectivity index (χ4v) is 6.16. The van der Waals surface area contributed by atoms with Crippen LogP contribution in [0.5, 0.6) is 0 Å². The quantitative estimate of drug-likeness (QED) is 0.726. The van der Waals surface area contributed by atoms with Crippen LogP contribution in [0.15, 0.2) is 24.3 Å². The van der Waals surface area contributed by atoms with Crippen molar-refractivity contribution in [2.24, 2.45) is 23.2 Å². The summed E-state index contributed by atoms with van der Waals surface area (Å²) in [6.07, 6.45) is 9.87. The van der Waals surface area contributed by atoms with E-state index in [0.29, 0.717) is 11.3 Å². The maximum absolute atomic E-state index is 12.2. The maximum Gasteiger partial charge on any atom is 0.319 e. The van der Waals surface area contributed by atoms with Crippen molar-refractivity contribution >= 4 is 11.7 Å². The lowest BCUT2D eigenvalue weighted by Crippen LogP contribution is -2.47. The highest BCUT2D eigenvalue weighted by Gasteiger charge is 2.50. The van der Waals surface area contributed by atoms with Gasteiger partial charge < -0.3 is 10.6 Å². The number of benzene rings is 1. The van der Waals surface area contributed by atoms with Gasteiger partial charge >= 0.3 is 6.03 Å². The van der Waals surface area contributed by atoms with Crippen molar-refractivity contribution in [3.8, 4) is 0 Å². The van der Waals surface area contributed by atoms with Crippen LogP contribution in [-0.4, -0.2) is 12.6 Å². The van der Waals surface area contributed by atoms with Gasteiger partial charge in [0, 0.05) is 12.2 Å². The van der Waals surface area contributed by atoms with Crippen LogP contribution in [-0.2, 0) is 0 Å². The molecule has 0 aromatic heterocycles. The number of hydrogen-bond donors (Lipinski definition) is 2. The zero-order valence-electron chi connectivity index (χ0n) is 15.7. The van der Waals surface area contributed by atoms with Gasteiger partial charge in [-0.25, -0.2) is 4.79 Å². The summed E-state index contributed by atoms with van der Waals surface area (Å²) in [4.78, 5) is 12.2. The minimum Gasteiger partial charge on any atom is -0.338 e. The summed E-state index contributed by atoms with van der Waals surface area (Å²) >= 11 is 0. The molecule has 0 spiro atoms. The zero-order valence-corrected chi connectivity index (χ0v) is 15.7. The van der Waals surface area contributed by atoms with Crippen LogP contribution in [0.3, 0.4) is 0 Å². The van der Waals surface area contributed by atoms with Crippen molar-refractivity contribution in [1.82, 2.24) is 5.32 Å². The number of anilines is 1. The standard InChI is InChI=1S/C22H32N2O/c1-15(2)19-3-5-20(6-4-19)24-21(25)23-8-7-22-12-16-9-17(13-22)11-18(10-16)14-22/h3-6,15-18H,7-14H2,1-2H3,(H2,23,24,25). The molecular weight excluding hydrogens is 308 g/mol. The van der Waals surface area contributed by atoms with Gasteiger partial charge in [-0.3, -0.25) is 0 Å². The molecule has 0 radical (unpaired) electrons.